The number of nitrogens with two attached hydrogens (primary N) is 1. The molecule has 0 aliphatic heterocycles. The zero-order chi connectivity index (χ0) is 15.8. The van der Waals surface area contributed by atoms with Crippen molar-refractivity contribution in [3.8, 4) is 5.75 Å². The molecule has 116 valence electrons. The molecule has 6 heteroatoms. The molecule has 0 aliphatic rings. The van der Waals surface area contributed by atoms with Gasteiger partial charge in [0.15, 0.2) is 6.61 Å². The van der Waals surface area contributed by atoms with Gasteiger partial charge in [-0.25, -0.2) is 4.79 Å². The van der Waals surface area contributed by atoms with Gasteiger partial charge < -0.3 is 20.5 Å². The summed E-state index contributed by atoms with van der Waals surface area (Å²) in [6.07, 6.45) is 0. The van der Waals surface area contributed by atoms with Gasteiger partial charge in [0.2, 0.25) is 5.91 Å². The third kappa shape index (κ3) is 5.83. The fourth-order valence-electron chi connectivity index (χ4n) is 1.56. The lowest BCUT2D eigenvalue weighted by Crippen LogP contribution is -2.43. The van der Waals surface area contributed by atoms with Crippen LogP contribution >= 0.6 is 0 Å². The molecule has 6 nitrogen and oxygen atoms in total. The Hall–Kier alpha value is -2.08. The standard InChI is InChI=1S/C15H22N2O4/c1-10(2)14(16)15(19)17-8-11-5-4-6-12(7-11)21-9-13(18)20-3/h4-7,10,14H,8-9,16H2,1-3H3,(H,17,19)/t14-/m0/s1. The van der Waals surface area contributed by atoms with Gasteiger partial charge in [-0.15, -0.1) is 0 Å². The number of hydrogen-bond acceptors (Lipinski definition) is 5. The highest BCUT2D eigenvalue weighted by molar-refractivity contribution is 5.81. The highest BCUT2D eigenvalue weighted by Crippen LogP contribution is 2.13. The van der Waals surface area contributed by atoms with E-state index in [9.17, 15) is 9.59 Å². The topological polar surface area (TPSA) is 90.6 Å². The lowest BCUT2D eigenvalue weighted by atomic mass is 10.0. The largest absolute Gasteiger partial charge is 0.482 e. The van der Waals surface area contributed by atoms with Crippen molar-refractivity contribution in [2.45, 2.75) is 26.4 Å². The average Bonchev–Trinajstić information content (AvgIpc) is 2.49. The van der Waals surface area contributed by atoms with Crippen LogP contribution < -0.4 is 15.8 Å². The molecule has 0 aliphatic carbocycles. The Morgan fingerprint density at radius 1 is 1.33 bits per heavy atom. The first kappa shape index (κ1) is 17.0. The van der Waals surface area contributed by atoms with E-state index in [1.165, 1.54) is 7.11 Å². The molecular weight excluding hydrogens is 272 g/mol. The first-order valence-corrected chi connectivity index (χ1v) is 6.76. The van der Waals surface area contributed by atoms with Crippen molar-refractivity contribution < 1.29 is 19.1 Å². The number of methoxy groups -OCH3 is 1. The molecule has 0 aromatic heterocycles. The number of hydrogen-bond donors (Lipinski definition) is 2. The number of carbonyl (C=O) groups is 2. The maximum absolute atomic E-state index is 11.8. The quantitative estimate of drug-likeness (QED) is 0.727. The van der Waals surface area contributed by atoms with Crippen LogP contribution in [0.1, 0.15) is 19.4 Å². The van der Waals surface area contributed by atoms with Gasteiger partial charge in [-0.05, 0) is 23.6 Å². The van der Waals surface area contributed by atoms with Gasteiger partial charge in [-0.3, -0.25) is 4.79 Å². The third-order valence-corrected chi connectivity index (χ3v) is 2.97. The predicted octanol–water partition coefficient (Wildman–Crippen LogP) is 0.838. The number of rotatable bonds is 7. The molecule has 21 heavy (non-hydrogen) atoms. The van der Waals surface area contributed by atoms with E-state index in [4.69, 9.17) is 10.5 Å². The summed E-state index contributed by atoms with van der Waals surface area (Å²) < 4.78 is 9.77. The molecule has 0 unspecified atom stereocenters. The smallest absolute Gasteiger partial charge is 0.343 e. The summed E-state index contributed by atoms with van der Waals surface area (Å²) in [5.74, 6) is -0.0116. The van der Waals surface area contributed by atoms with Crippen molar-refractivity contribution in [1.29, 1.82) is 0 Å². The molecular formula is C15H22N2O4. The van der Waals surface area contributed by atoms with Crippen LogP contribution in [-0.4, -0.2) is 31.6 Å². The van der Waals surface area contributed by atoms with Crippen LogP contribution in [0.25, 0.3) is 0 Å². The molecule has 1 amide bonds. The van der Waals surface area contributed by atoms with Crippen molar-refractivity contribution >= 4 is 11.9 Å². The highest BCUT2D eigenvalue weighted by atomic mass is 16.6. The van der Waals surface area contributed by atoms with Crippen LogP contribution in [0.2, 0.25) is 0 Å². The van der Waals surface area contributed by atoms with Crippen LogP contribution in [0.3, 0.4) is 0 Å². The third-order valence-electron chi connectivity index (χ3n) is 2.97. The summed E-state index contributed by atoms with van der Waals surface area (Å²) in [6, 6.07) is 6.60. The Balaban J connectivity index is 2.53. The molecule has 0 bridgehead atoms. The fourth-order valence-corrected chi connectivity index (χ4v) is 1.56. The van der Waals surface area contributed by atoms with Crippen LogP contribution in [-0.2, 0) is 20.9 Å². The number of esters is 1. The summed E-state index contributed by atoms with van der Waals surface area (Å²) in [5.41, 5.74) is 6.62. The molecule has 0 saturated carbocycles. The Morgan fingerprint density at radius 3 is 2.67 bits per heavy atom. The van der Waals surface area contributed by atoms with Crippen LogP contribution in [0.4, 0.5) is 0 Å². The fraction of sp³-hybridized carbons (Fsp3) is 0.467. The highest BCUT2D eigenvalue weighted by Gasteiger charge is 2.16. The molecule has 1 atom stereocenters. The van der Waals surface area contributed by atoms with Crippen LogP contribution in [0.5, 0.6) is 5.75 Å². The van der Waals surface area contributed by atoms with Crippen molar-refractivity contribution in [2.75, 3.05) is 13.7 Å². The van der Waals surface area contributed by atoms with E-state index in [2.05, 4.69) is 10.1 Å². The molecule has 1 rings (SSSR count). The Morgan fingerprint density at radius 2 is 2.05 bits per heavy atom. The van der Waals surface area contributed by atoms with Crippen LogP contribution in [0, 0.1) is 5.92 Å². The second-order valence-corrected chi connectivity index (χ2v) is 5.00. The summed E-state index contributed by atoms with van der Waals surface area (Å²) in [7, 11) is 1.30. The van der Waals surface area contributed by atoms with Gasteiger partial charge in [0.25, 0.3) is 0 Å². The van der Waals surface area contributed by atoms with E-state index in [0.29, 0.717) is 12.3 Å². The molecule has 0 heterocycles. The minimum absolute atomic E-state index is 0.0831. The van der Waals surface area contributed by atoms with E-state index in [-0.39, 0.29) is 18.4 Å². The van der Waals surface area contributed by atoms with Crippen molar-refractivity contribution in [3.05, 3.63) is 29.8 Å². The Kier molecular flexibility index (Phi) is 6.68. The van der Waals surface area contributed by atoms with Gasteiger partial charge in [0, 0.05) is 6.54 Å². The molecule has 0 spiro atoms. The van der Waals surface area contributed by atoms with E-state index in [0.717, 1.165) is 5.56 Å². The minimum Gasteiger partial charge on any atom is -0.482 e. The number of amides is 1. The summed E-state index contributed by atoms with van der Waals surface area (Å²) in [6.45, 7) is 4.00. The predicted molar refractivity (Wildman–Crippen MR) is 78.6 cm³/mol. The molecule has 1 aromatic carbocycles. The van der Waals surface area contributed by atoms with E-state index in [1.54, 1.807) is 18.2 Å². The van der Waals surface area contributed by atoms with Gasteiger partial charge in [-0.1, -0.05) is 26.0 Å². The second-order valence-electron chi connectivity index (χ2n) is 5.00. The van der Waals surface area contributed by atoms with E-state index >= 15 is 0 Å². The Bertz CT molecular complexity index is 488. The average molecular weight is 294 g/mol. The number of carbonyl (C=O) groups excluding carboxylic acids is 2. The summed E-state index contributed by atoms with van der Waals surface area (Å²) >= 11 is 0. The normalized spacial score (nSPS) is 11.9. The zero-order valence-corrected chi connectivity index (χ0v) is 12.6. The molecule has 0 radical (unpaired) electrons. The molecule has 3 N–H and O–H groups in total. The Labute approximate surface area is 124 Å². The van der Waals surface area contributed by atoms with E-state index < -0.39 is 12.0 Å². The van der Waals surface area contributed by atoms with Crippen molar-refractivity contribution in [3.63, 3.8) is 0 Å². The molecule has 0 fully saturated rings. The van der Waals surface area contributed by atoms with Gasteiger partial charge in [-0.2, -0.15) is 0 Å². The molecule has 0 saturated heterocycles. The van der Waals surface area contributed by atoms with Crippen molar-refractivity contribution in [2.24, 2.45) is 11.7 Å². The monoisotopic (exact) mass is 294 g/mol. The van der Waals surface area contributed by atoms with Gasteiger partial charge >= 0.3 is 5.97 Å². The van der Waals surface area contributed by atoms with Gasteiger partial charge in [0.05, 0.1) is 13.2 Å². The maximum Gasteiger partial charge on any atom is 0.343 e. The van der Waals surface area contributed by atoms with Gasteiger partial charge in [0.1, 0.15) is 5.75 Å². The molecule has 1 aromatic rings. The first-order valence-electron chi connectivity index (χ1n) is 6.76. The van der Waals surface area contributed by atoms with E-state index in [1.807, 2.05) is 19.9 Å². The second kappa shape index (κ2) is 8.26. The zero-order valence-electron chi connectivity index (χ0n) is 12.6. The SMILES string of the molecule is COC(=O)COc1cccc(CNC(=O)[C@@H](N)C(C)C)c1. The summed E-state index contributed by atoms with van der Waals surface area (Å²) in [4.78, 5) is 22.8. The van der Waals surface area contributed by atoms with Crippen molar-refractivity contribution in [1.82, 2.24) is 5.32 Å². The first-order chi connectivity index (χ1) is 9.93. The number of benzene rings is 1. The summed E-state index contributed by atoms with van der Waals surface area (Å²) in [5, 5.41) is 2.77. The number of ether oxygens (including phenoxy) is 2. The lowest BCUT2D eigenvalue weighted by molar-refractivity contribution is -0.142. The maximum atomic E-state index is 11.8. The van der Waals surface area contributed by atoms with Crippen LogP contribution in [0.15, 0.2) is 24.3 Å². The number of nitrogens with one attached hydrogen (secondary N) is 1. The minimum atomic E-state index is -0.524. The lowest BCUT2D eigenvalue weighted by Gasteiger charge is -2.15.